The minimum Gasteiger partial charge on any atom is -0.478 e. The molecule has 1 saturated heterocycles. The van der Waals surface area contributed by atoms with Crippen molar-refractivity contribution in [3.05, 3.63) is 28.8 Å². The molecule has 1 aliphatic heterocycles. The Balaban J connectivity index is 1.74. The molecule has 2 aromatic rings. The van der Waals surface area contributed by atoms with Crippen molar-refractivity contribution < 1.29 is 24.5 Å². The van der Waals surface area contributed by atoms with Crippen LogP contribution in [0.15, 0.2) is 18.2 Å². The maximum absolute atomic E-state index is 12.2. The summed E-state index contributed by atoms with van der Waals surface area (Å²) in [5.41, 5.74) is 0.359. The molecule has 1 aromatic carbocycles. The number of hydrogen-bond acceptors (Lipinski definition) is 6. The molecule has 2 atom stereocenters. The van der Waals surface area contributed by atoms with Crippen molar-refractivity contribution in [2.45, 2.75) is 44.8 Å². The standard InChI is InChI=1S/C18H22N2O5S/c1-18(2,3)25-17(24)20-7-6-11(13(21)9-20)15-19-12-5-4-10(16(22)23)8-14(12)26-15/h4-5,8,11,13,21H,6-7,9H2,1-3H3,(H,22,23)/t11-,13-/m1/s1. The van der Waals surface area contributed by atoms with Crippen molar-refractivity contribution in [1.82, 2.24) is 9.88 Å². The number of carboxylic acid groups (broad SMARTS) is 1. The fourth-order valence-corrected chi connectivity index (χ4v) is 4.15. The van der Waals surface area contributed by atoms with Crippen LogP contribution in [-0.4, -0.2) is 57.0 Å². The van der Waals surface area contributed by atoms with Crippen molar-refractivity contribution in [2.75, 3.05) is 13.1 Å². The number of nitrogens with zero attached hydrogens (tertiary/aromatic N) is 2. The molecule has 1 fully saturated rings. The Morgan fingerprint density at radius 2 is 2.08 bits per heavy atom. The molecule has 7 nitrogen and oxygen atoms in total. The number of carbonyl (C=O) groups is 2. The molecule has 26 heavy (non-hydrogen) atoms. The Labute approximate surface area is 155 Å². The van der Waals surface area contributed by atoms with E-state index in [-0.39, 0.29) is 18.0 Å². The summed E-state index contributed by atoms with van der Waals surface area (Å²) in [6, 6.07) is 4.80. The van der Waals surface area contributed by atoms with Crippen LogP contribution in [0.25, 0.3) is 10.2 Å². The number of aromatic nitrogens is 1. The fraction of sp³-hybridized carbons (Fsp3) is 0.500. The Morgan fingerprint density at radius 3 is 2.69 bits per heavy atom. The first-order valence-corrected chi connectivity index (χ1v) is 9.25. The number of rotatable bonds is 2. The zero-order valence-electron chi connectivity index (χ0n) is 14.9. The third-order valence-electron chi connectivity index (χ3n) is 4.20. The molecular formula is C18H22N2O5S. The fourth-order valence-electron chi connectivity index (χ4n) is 2.95. The van der Waals surface area contributed by atoms with Gasteiger partial charge in [-0.3, -0.25) is 0 Å². The molecule has 8 heteroatoms. The van der Waals surface area contributed by atoms with Gasteiger partial charge in [0.1, 0.15) is 5.60 Å². The quantitative estimate of drug-likeness (QED) is 0.833. The van der Waals surface area contributed by atoms with Gasteiger partial charge in [-0.1, -0.05) is 0 Å². The van der Waals surface area contributed by atoms with E-state index in [0.717, 1.165) is 15.2 Å². The van der Waals surface area contributed by atoms with E-state index in [2.05, 4.69) is 4.98 Å². The van der Waals surface area contributed by atoms with Gasteiger partial charge in [-0.15, -0.1) is 11.3 Å². The number of ether oxygens (including phenoxy) is 1. The molecule has 140 valence electrons. The van der Waals surface area contributed by atoms with Gasteiger partial charge < -0.3 is 19.8 Å². The molecule has 0 aliphatic carbocycles. The molecule has 0 unspecified atom stereocenters. The van der Waals surface area contributed by atoms with Crippen LogP contribution < -0.4 is 0 Å². The van der Waals surface area contributed by atoms with Gasteiger partial charge in [0.15, 0.2) is 0 Å². The van der Waals surface area contributed by atoms with E-state index in [1.807, 2.05) is 0 Å². The molecule has 1 aliphatic rings. The number of β-amino-alcohol motifs (C(OH)–C–C–N with tert-alkyl or cyclic N) is 1. The lowest BCUT2D eigenvalue weighted by Crippen LogP contribution is -2.47. The number of carboxylic acids is 1. The second-order valence-corrected chi connectivity index (χ2v) is 8.49. The van der Waals surface area contributed by atoms with Gasteiger partial charge in [-0.2, -0.15) is 0 Å². The number of carbonyl (C=O) groups excluding carboxylic acids is 1. The molecule has 0 spiro atoms. The van der Waals surface area contributed by atoms with Crippen molar-refractivity contribution in [3.8, 4) is 0 Å². The van der Waals surface area contributed by atoms with E-state index in [0.29, 0.717) is 13.0 Å². The molecule has 2 N–H and O–H groups in total. The van der Waals surface area contributed by atoms with E-state index in [9.17, 15) is 14.7 Å². The summed E-state index contributed by atoms with van der Waals surface area (Å²) in [6.07, 6.45) is -0.590. The van der Waals surface area contributed by atoms with Crippen molar-refractivity contribution in [2.24, 2.45) is 0 Å². The average molecular weight is 378 g/mol. The Morgan fingerprint density at radius 1 is 1.35 bits per heavy atom. The number of aromatic carboxylic acids is 1. The first-order chi connectivity index (χ1) is 12.1. The Bertz CT molecular complexity index is 842. The lowest BCUT2D eigenvalue weighted by Gasteiger charge is -2.35. The molecule has 0 bridgehead atoms. The lowest BCUT2D eigenvalue weighted by molar-refractivity contribution is -0.00152. The third kappa shape index (κ3) is 3.96. The first kappa shape index (κ1) is 18.6. The van der Waals surface area contributed by atoms with Crippen molar-refractivity contribution in [3.63, 3.8) is 0 Å². The predicted octanol–water partition coefficient (Wildman–Crippen LogP) is 3.08. The van der Waals surface area contributed by atoms with Gasteiger partial charge >= 0.3 is 12.1 Å². The summed E-state index contributed by atoms with van der Waals surface area (Å²) in [6.45, 7) is 6.09. The predicted molar refractivity (Wildman–Crippen MR) is 97.8 cm³/mol. The second kappa shape index (κ2) is 6.85. The zero-order valence-corrected chi connectivity index (χ0v) is 15.7. The summed E-state index contributed by atoms with van der Waals surface area (Å²) in [4.78, 5) is 29.3. The van der Waals surface area contributed by atoms with Crippen molar-refractivity contribution >= 4 is 33.6 Å². The van der Waals surface area contributed by atoms with E-state index in [1.165, 1.54) is 22.3 Å². The number of likely N-dealkylation sites (tertiary alicyclic amines) is 1. The molecule has 1 amide bonds. The van der Waals surface area contributed by atoms with E-state index < -0.39 is 23.8 Å². The number of aliphatic hydroxyl groups excluding tert-OH is 1. The molecule has 1 aromatic heterocycles. The molecule has 2 heterocycles. The highest BCUT2D eigenvalue weighted by Crippen LogP contribution is 2.34. The number of hydrogen-bond donors (Lipinski definition) is 2. The SMILES string of the molecule is CC(C)(C)OC(=O)N1CC[C@@H](c2nc3ccc(C(=O)O)cc3s2)[C@H](O)C1. The van der Waals surface area contributed by atoms with Crippen LogP contribution in [0.2, 0.25) is 0 Å². The molecule has 0 radical (unpaired) electrons. The average Bonchev–Trinajstić information content (AvgIpc) is 2.95. The third-order valence-corrected chi connectivity index (χ3v) is 5.35. The number of aliphatic hydroxyl groups is 1. The number of piperidine rings is 1. The number of thiazole rings is 1. The summed E-state index contributed by atoms with van der Waals surface area (Å²) in [5.74, 6) is -1.16. The second-order valence-electron chi connectivity index (χ2n) is 7.43. The first-order valence-electron chi connectivity index (χ1n) is 8.44. The van der Waals surface area contributed by atoms with Crippen LogP contribution in [0.1, 0.15) is 48.5 Å². The van der Waals surface area contributed by atoms with Gasteiger partial charge in [-0.25, -0.2) is 14.6 Å². The Kier molecular flexibility index (Phi) is 4.90. The zero-order chi connectivity index (χ0) is 19.1. The van der Waals surface area contributed by atoms with Crippen LogP contribution >= 0.6 is 11.3 Å². The van der Waals surface area contributed by atoms with Gasteiger partial charge in [0, 0.05) is 12.5 Å². The van der Waals surface area contributed by atoms with Crippen LogP contribution in [0.4, 0.5) is 4.79 Å². The smallest absolute Gasteiger partial charge is 0.410 e. The molecule has 3 rings (SSSR count). The highest BCUT2D eigenvalue weighted by molar-refractivity contribution is 7.18. The minimum atomic E-state index is -0.979. The van der Waals surface area contributed by atoms with Crippen LogP contribution in [0, 0.1) is 0 Å². The Hall–Kier alpha value is -2.19. The summed E-state index contributed by atoms with van der Waals surface area (Å²) >= 11 is 1.39. The summed E-state index contributed by atoms with van der Waals surface area (Å²) in [7, 11) is 0. The lowest BCUT2D eigenvalue weighted by atomic mass is 9.95. The number of benzene rings is 1. The van der Waals surface area contributed by atoms with Gasteiger partial charge in [0.2, 0.25) is 0 Å². The number of fused-ring (bicyclic) bond motifs is 1. The van der Waals surface area contributed by atoms with Gasteiger partial charge in [0.05, 0.1) is 33.4 Å². The van der Waals surface area contributed by atoms with E-state index in [4.69, 9.17) is 9.84 Å². The van der Waals surface area contributed by atoms with Crippen LogP contribution in [0.5, 0.6) is 0 Å². The topological polar surface area (TPSA) is 100.0 Å². The van der Waals surface area contributed by atoms with E-state index >= 15 is 0 Å². The van der Waals surface area contributed by atoms with Gasteiger partial charge in [-0.05, 0) is 45.4 Å². The maximum Gasteiger partial charge on any atom is 0.410 e. The highest BCUT2D eigenvalue weighted by atomic mass is 32.1. The maximum atomic E-state index is 12.2. The van der Waals surface area contributed by atoms with E-state index in [1.54, 1.807) is 32.9 Å². The molecular weight excluding hydrogens is 356 g/mol. The van der Waals surface area contributed by atoms with Gasteiger partial charge in [0.25, 0.3) is 0 Å². The monoisotopic (exact) mass is 378 g/mol. The minimum absolute atomic E-state index is 0.181. The summed E-state index contributed by atoms with van der Waals surface area (Å²) in [5, 5.41) is 20.4. The normalized spacial score (nSPS) is 21.0. The summed E-state index contributed by atoms with van der Waals surface area (Å²) < 4.78 is 6.14. The highest BCUT2D eigenvalue weighted by Gasteiger charge is 2.34. The molecule has 0 saturated carbocycles. The largest absolute Gasteiger partial charge is 0.478 e. The van der Waals surface area contributed by atoms with Crippen LogP contribution in [-0.2, 0) is 4.74 Å². The number of amides is 1. The van der Waals surface area contributed by atoms with Crippen LogP contribution in [0.3, 0.4) is 0 Å². The van der Waals surface area contributed by atoms with Crippen molar-refractivity contribution in [1.29, 1.82) is 0 Å².